The Morgan fingerprint density at radius 1 is 0.833 bits per heavy atom. The molecule has 0 radical (unpaired) electrons. The predicted molar refractivity (Wildman–Crippen MR) is 113 cm³/mol. The van der Waals surface area contributed by atoms with E-state index in [0.717, 1.165) is 36.6 Å². The highest BCUT2D eigenvalue weighted by atomic mass is 32.1. The van der Waals surface area contributed by atoms with Gasteiger partial charge in [0.25, 0.3) is 0 Å². The molecule has 0 spiro atoms. The Balaban J connectivity index is 1.90. The van der Waals surface area contributed by atoms with Gasteiger partial charge < -0.3 is 0 Å². The van der Waals surface area contributed by atoms with Crippen LogP contribution in [0.15, 0.2) is 53.5 Å². The number of aryl methyl sites for hydroxylation is 1. The van der Waals surface area contributed by atoms with E-state index >= 15 is 0 Å². The summed E-state index contributed by atoms with van der Waals surface area (Å²) in [6, 6.07) is 10.7. The summed E-state index contributed by atoms with van der Waals surface area (Å²) in [6.07, 6.45) is 1.68. The van der Waals surface area contributed by atoms with Crippen LogP contribution in [0.3, 0.4) is 0 Å². The Labute approximate surface area is 177 Å². The molecule has 0 aliphatic rings. The van der Waals surface area contributed by atoms with Crippen molar-refractivity contribution >= 4 is 23.1 Å². The number of nitrogens with zero attached hydrogens (tertiary/aromatic N) is 1. The maximum atomic E-state index is 14.6. The molecule has 0 amide bonds. The normalized spacial score (nSPS) is 10.2. The molecule has 0 bridgehead atoms. The number of isothiocyanates is 1. The second kappa shape index (κ2) is 9.49. The van der Waals surface area contributed by atoms with E-state index in [0.29, 0.717) is 5.56 Å². The van der Waals surface area contributed by atoms with E-state index in [2.05, 4.69) is 29.1 Å². The summed E-state index contributed by atoms with van der Waals surface area (Å²) in [6.45, 7) is 2.01. The van der Waals surface area contributed by atoms with Crippen molar-refractivity contribution < 1.29 is 17.6 Å². The zero-order valence-electron chi connectivity index (χ0n) is 15.9. The van der Waals surface area contributed by atoms with Crippen molar-refractivity contribution in [3.8, 4) is 23.0 Å². The van der Waals surface area contributed by atoms with Gasteiger partial charge in [-0.2, -0.15) is 4.99 Å². The SMILES string of the molecule is CCCc1ccc(C#Cc2ccc(-c3cc(F)c(N=C=S)c(F)c3)c(F)c2)c(F)c1. The molecule has 0 saturated carbocycles. The van der Waals surface area contributed by atoms with Crippen molar-refractivity contribution in [3.05, 3.63) is 88.5 Å². The van der Waals surface area contributed by atoms with Gasteiger partial charge in [-0.15, -0.1) is 0 Å². The molecule has 0 atom stereocenters. The fourth-order valence-corrected chi connectivity index (χ4v) is 3.04. The summed E-state index contributed by atoms with van der Waals surface area (Å²) in [5.74, 6) is 2.28. The van der Waals surface area contributed by atoms with E-state index < -0.39 is 29.0 Å². The quantitative estimate of drug-likeness (QED) is 0.190. The third-order valence-electron chi connectivity index (χ3n) is 4.37. The van der Waals surface area contributed by atoms with Gasteiger partial charge in [0.1, 0.15) is 17.3 Å². The molecule has 0 fully saturated rings. The maximum absolute atomic E-state index is 14.6. The van der Waals surface area contributed by atoms with E-state index in [9.17, 15) is 17.6 Å². The average Bonchev–Trinajstić information content (AvgIpc) is 2.70. The summed E-state index contributed by atoms with van der Waals surface area (Å²) in [5, 5.41) is 1.90. The molecule has 0 unspecified atom stereocenters. The smallest absolute Gasteiger partial charge is 0.153 e. The molecule has 0 heterocycles. The molecule has 150 valence electrons. The van der Waals surface area contributed by atoms with Crippen LogP contribution in [-0.4, -0.2) is 5.16 Å². The molecule has 0 aromatic heterocycles. The number of hydrogen-bond donors (Lipinski definition) is 0. The molecule has 0 N–H and O–H groups in total. The molecule has 3 aromatic carbocycles. The zero-order valence-corrected chi connectivity index (χ0v) is 16.7. The van der Waals surface area contributed by atoms with E-state index in [4.69, 9.17) is 0 Å². The number of halogens is 4. The van der Waals surface area contributed by atoms with Crippen molar-refractivity contribution in [3.63, 3.8) is 0 Å². The lowest BCUT2D eigenvalue weighted by molar-refractivity contribution is 0.588. The van der Waals surface area contributed by atoms with Gasteiger partial charge in [-0.25, -0.2) is 17.6 Å². The molecule has 3 rings (SSSR count). The molecule has 0 aliphatic carbocycles. The zero-order chi connectivity index (χ0) is 21.7. The van der Waals surface area contributed by atoms with Gasteiger partial charge in [0.15, 0.2) is 11.6 Å². The van der Waals surface area contributed by atoms with Crippen molar-refractivity contribution in [1.29, 1.82) is 0 Å². The second-order valence-corrected chi connectivity index (χ2v) is 6.68. The van der Waals surface area contributed by atoms with Crippen LogP contribution < -0.4 is 0 Å². The fraction of sp³-hybridized carbons (Fsp3) is 0.125. The molecular formula is C24H15F4NS. The van der Waals surface area contributed by atoms with Crippen LogP contribution in [-0.2, 0) is 6.42 Å². The first kappa shape index (κ1) is 21.4. The van der Waals surface area contributed by atoms with Gasteiger partial charge in [0.05, 0.1) is 10.7 Å². The highest BCUT2D eigenvalue weighted by Gasteiger charge is 2.14. The second-order valence-electron chi connectivity index (χ2n) is 6.50. The predicted octanol–water partition coefficient (Wildman–Crippen LogP) is 7.00. The largest absolute Gasteiger partial charge is 0.206 e. The minimum absolute atomic E-state index is 0.00267. The number of aliphatic imine (C=N–C) groups is 1. The minimum atomic E-state index is -0.979. The average molecular weight is 425 g/mol. The van der Waals surface area contributed by atoms with E-state index in [1.54, 1.807) is 12.1 Å². The summed E-state index contributed by atoms with van der Waals surface area (Å²) in [4.78, 5) is 3.33. The van der Waals surface area contributed by atoms with Crippen molar-refractivity contribution in [2.75, 3.05) is 0 Å². The van der Waals surface area contributed by atoms with Gasteiger partial charge in [-0.3, -0.25) is 0 Å². The van der Waals surface area contributed by atoms with Crippen LogP contribution in [0, 0.1) is 35.1 Å². The molecule has 6 heteroatoms. The lowest BCUT2D eigenvalue weighted by Gasteiger charge is -2.06. The van der Waals surface area contributed by atoms with Crippen molar-refractivity contribution in [1.82, 2.24) is 0 Å². The van der Waals surface area contributed by atoms with Crippen LogP contribution in [0.4, 0.5) is 23.2 Å². The highest BCUT2D eigenvalue weighted by molar-refractivity contribution is 7.78. The minimum Gasteiger partial charge on any atom is -0.206 e. The van der Waals surface area contributed by atoms with E-state index in [-0.39, 0.29) is 16.7 Å². The molecule has 30 heavy (non-hydrogen) atoms. The summed E-state index contributed by atoms with van der Waals surface area (Å²) >= 11 is 4.35. The molecule has 0 saturated heterocycles. The molecule has 1 nitrogen and oxygen atoms in total. The molecule has 3 aromatic rings. The first-order valence-electron chi connectivity index (χ1n) is 9.10. The number of thiocarbonyl (C=S) groups is 1. The van der Waals surface area contributed by atoms with Gasteiger partial charge in [-0.05, 0) is 66.2 Å². The summed E-state index contributed by atoms with van der Waals surface area (Å²) < 4.78 is 56.7. The van der Waals surface area contributed by atoms with Gasteiger partial charge in [0.2, 0.25) is 0 Å². The fourth-order valence-electron chi connectivity index (χ4n) is 2.94. The summed E-state index contributed by atoms with van der Waals surface area (Å²) in [5.41, 5.74) is 0.810. The topological polar surface area (TPSA) is 12.4 Å². The Bertz CT molecular complexity index is 1190. The number of rotatable bonds is 4. The monoisotopic (exact) mass is 425 g/mol. The molecular weight excluding hydrogens is 410 g/mol. The highest BCUT2D eigenvalue weighted by Crippen LogP contribution is 2.30. The van der Waals surface area contributed by atoms with Crippen LogP contribution in [0.1, 0.15) is 30.0 Å². The third kappa shape index (κ3) is 4.83. The van der Waals surface area contributed by atoms with Crippen LogP contribution >= 0.6 is 12.2 Å². The molecule has 0 aliphatic heterocycles. The lowest BCUT2D eigenvalue weighted by atomic mass is 10.0. The first-order chi connectivity index (χ1) is 14.4. The van der Waals surface area contributed by atoms with Crippen LogP contribution in [0.5, 0.6) is 0 Å². The van der Waals surface area contributed by atoms with Gasteiger partial charge >= 0.3 is 0 Å². The summed E-state index contributed by atoms with van der Waals surface area (Å²) in [7, 11) is 0. The Kier molecular flexibility index (Phi) is 6.79. The number of hydrogen-bond acceptors (Lipinski definition) is 2. The third-order valence-corrected chi connectivity index (χ3v) is 4.46. The van der Waals surface area contributed by atoms with Crippen LogP contribution in [0.25, 0.3) is 11.1 Å². The van der Waals surface area contributed by atoms with Crippen molar-refractivity contribution in [2.45, 2.75) is 19.8 Å². The van der Waals surface area contributed by atoms with Crippen LogP contribution in [0.2, 0.25) is 0 Å². The van der Waals surface area contributed by atoms with Gasteiger partial charge in [-0.1, -0.05) is 37.3 Å². The lowest BCUT2D eigenvalue weighted by Crippen LogP contribution is -1.91. The van der Waals surface area contributed by atoms with E-state index in [1.165, 1.54) is 18.2 Å². The maximum Gasteiger partial charge on any atom is 0.153 e. The first-order valence-corrected chi connectivity index (χ1v) is 9.51. The standard InChI is InChI=1S/C24H15F4NS/c1-2-3-15-4-7-17(20(25)10-15)8-5-16-6-9-19(21(26)11-16)18-12-22(27)24(29-14-30)23(28)13-18/h4,6-7,9-13H,2-3H2,1H3. The van der Waals surface area contributed by atoms with Crippen molar-refractivity contribution in [2.24, 2.45) is 4.99 Å². The Morgan fingerprint density at radius 3 is 2.17 bits per heavy atom. The Morgan fingerprint density at radius 2 is 1.57 bits per heavy atom. The van der Waals surface area contributed by atoms with E-state index in [1.807, 2.05) is 12.1 Å². The number of benzene rings is 3. The Hall–Kier alpha value is -3.26. The van der Waals surface area contributed by atoms with Gasteiger partial charge in [0, 0.05) is 11.1 Å².